The van der Waals surface area contributed by atoms with E-state index in [1.165, 1.54) is 12.8 Å². The number of aliphatic hydroxyl groups excluding tert-OH is 1. The lowest BCUT2D eigenvalue weighted by Crippen LogP contribution is -2.53. The van der Waals surface area contributed by atoms with Gasteiger partial charge >= 0.3 is 0 Å². The number of likely N-dealkylation sites (tertiary alicyclic amines) is 1. The van der Waals surface area contributed by atoms with Crippen molar-refractivity contribution in [1.82, 2.24) is 10.2 Å². The van der Waals surface area contributed by atoms with Crippen molar-refractivity contribution in [2.24, 2.45) is 5.92 Å². The third-order valence-corrected chi connectivity index (χ3v) is 6.10. The second-order valence-corrected chi connectivity index (χ2v) is 7.83. The molecule has 3 rings (SSSR count). The maximum atomic E-state index is 13.3. The van der Waals surface area contributed by atoms with E-state index >= 15 is 0 Å². The third kappa shape index (κ3) is 4.26. The number of rotatable bonds is 3. The van der Waals surface area contributed by atoms with E-state index in [1.54, 1.807) is 0 Å². The number of alkyl halides is 2. The fourth-order valence-electron chi connectivity index (χ4n) is 4.56. The number of carbonyl (C=O) groups excluding carboxylic acids is 1. The molecule has 1 aliphatic heterocycles. The molecule has 1 saturated heterocycles. The summed E-state index contributed by atoms with van der Waals surface area (Å²) in [6.45, 7) is 2.06. The van der Waals surface area contributed by atoms with Crippen molar-refractivity contribution < 1.29 is 18.7 Å². The first-order valence-electron chi connectivity index (χ1n) is 9.57. The highest BCUT2D eigenvalue weighted by molar-refractivity contribution is 5.79. The maximum absolute atomic E-state index is 13.3. The summed E-state index contributed by atoms with van der Waals surface area (Å²) in [6, 6.07) is -0.121. The quantitative estimate of drug-likeness (QED) is 0.774. The molecule has 0 aromatic heterocycles. The van der Waals surface area contributed by atoms with E-state index in [9.17, 15) is 18.7 Å². The summed E-state index contributed by atoms with van der Waals surface area (Å²) >= 11 is 0. The molecule has 6 heteroatoms. The van der Waals surface area contributed by atoms with Gasteiger partial charge in [0.25, 0.3) is 0 Å². The van der Waals surface area contributed by atoms with Crippen molar-refractivity contribution in [1.29, 1.82) is 0 Å². The van der Waals surface area contributed by atoms with E-state index in [1.807, 2.05) is 0 Å². The zero-order valence-corrected chi connectivity index (χ0v) is 14.4. The van der Waals surface area contributed by atoms with Crippen LogP contribution in [0.5, 0.6) is 0 Å². The van der Waals surface area contributed by atoms with Gasteiger partial charge in [-0.05, 0) is 51.6 Å². The number of aliphatic hydroxyl groups is 1. The Morgan fingerprint density at radius 1 is 1.00 bits per heavy atom. The molecule has 1 amide bonds. The predicted molar refractivity (Wildman–Crippen MR) is 87.9 cm³/mol. The van der Waals surface area contributed by atoms with Gasteiger partial charge in [0.1, 0.15) is 0 Å². The highest BCUT2D eigenvalue weighted by atomic mass is 19.3. The van der Waals surface area contributed by atoms with Crippen LogP contribution in [0.15, 0.2) is 0 Å². The second kappa shape index (κ2) is 7.65. The van der Waals surface area contributed by atoms with Crippen LogP contribution in [0.1, 0.15) is 64.2 Å². The summed E-state index contributed by atoms with van der Waals surface area (Å²) in [5.74, 6) is -3.08. The number of hydrogen-bond donors (Lipinski definition) is 2. The Bertz CT molecular complexity index is 431. The summed E-state index contributed by atoms with van der Waals surface area (Å²) < 4.78 is 26.5. The van der Waals surface area contributed by atoms with Crippen LogP contribution in [0.2, 0.25) is 0 Å². The molecule has 2 saturated carbocycles. The minimum atomic E-state index is -2.61. The van der Waals surface area contributed by atoms with Gasteiger partial charge < -0.3 is 10.4 Å². The smallest absolute Gasteiger partial charge is 0.248 e. The standard InChI is InChI=1S/C18H30F2N2O2/c19-18(20)9-7-13(8-10-18)17(24)21-14-5-1-2-6-15(16(14)23)22-11-3-4-12-22/h13-16,23H,1-12H2,(H,21,24)/t14-,15-,16-/m1/s1. The fourth-order valence-corrected chi connectivity index (χ4v) is 4.56. The van der Waals surface area contributed by atoms with Gasteiger partial charge in [-0.3, -0.25) is 9.69 Å². The summed E-state index contributed by atoms with van der Waals surface area (Å²) in [5.41, 5.74) is 0. The number of nitrogens with zero attached hydrogens (tertiary/aromatic N) is 1. The minimum absolute atomic E-state index is 0.121. The van der Waals surface area contributed by atoms with Gasteiger partial charge in [0.05, 0.1) is 12.1 Å². The first-order valence-corrected chi connectivity index (χ1v) is 9.57. The van der Waals surface area contributed by atoms with Crippen LogP contribution in [0.25, 0.3) is 0 Å². The van der Waals surface area contributed by atoms with E-state index in [-0.39, 0.29) is 49.6 Å². The Kier molecular flexibility index (Phi) is 5.75. The average molecular weight is 344 g/mol. The first kappa shape index (κ1) is 18.1. The van der Waals surface area contributed by atoms with Crippen LogP contribution in [0.4, 0.5) is 8.78 Å². The zero-order chi connectivity index (χ0) is 17.2. The zero-order valence-electron chi connectivity index (χ0n) is 14.4. The predicted octanol–water partition coefficient (Wildman–Crippen LogP) is 2.70. The number of carbonyl (C=O) groups is 1. The van der Waals surface area contributed by atoms with Crippen molar-refractivity contribution in [3.63, 3.8) is 0 Å². The summed E-state index contributed by atoms with van der Waals surface area (Å²) in [4.78, 5) is 14.8. The Morgan fingerprint density at radius 3 is 2.29 bits per heavy atom. The molecule has 4 nitrogen and oxygen atoms in total. The van der Waals surface area contributed by atoms with Crippen LogP contribution in [-0.2, 0) is 4.79 Å². The van der Waals surface area contributed by atoms with Crippen LogP contribution in [-0.4, -0.2) is 53.1 Å². The molecular weight excluding hydrogens is 314 g/mol. The number of nitrogens with one attached hydrogen (secondary N) is 1. The van der Waals surface area contributed by atoms with E-state index < -0.39 is 12.0 Å². The van der Waals surface area contributed by atoms with Gasteiger partial charge in [-0.1, -0.05) is 12.8 Å². The van der Waals surface area contributed by atoms with Crippen molar-refractivity contribution in [3.05, 3.63) is 0 Å². The molecule has 1 heterocycles. The molecule has 2 N–H and O–H groups in total. The SMILES string of the molecule is O=C(N[C@@H]1CCCC[C@@H](N2CCCC2)[C@@H]1O)C1CCC(F)(F)CC1. The van der Waals surface area contributed by atoms with E-state index in [4.69, 9.17) is 0 Å². The van der Waals surface area contributed by atoms with Crippen LogP contribution in [0.3, 0.4) is 0 Å². The molecular formula is C18H30F2N2O2. The largest absolute Gasteiger partial charge is 0.389 e. The van der Waals surface area contributed by atoms with E-state index in [0.717, 1.165) is 38.8 Å². The topological polar surface area (TPSA) is 52.6 Å². The van der Waals surface area contributed by atoms with Crippen LogP contribution in [0, 0.1) is 5.92 Å². The lowest BCUT2D eigenvalue weighted by Gasteiger charge is -2.35. The fraction of sp³-hybridized carbons (Fsp3) is 0.944. The number of hydrogen-bond acceptors (Lipinski definition) is 3. The van der Waals surface area contributed by atoms with Gasteiger partial charge in [0.15, 0.2) is 0 Å². The van der Waals surface area contributed by atoms with Crippen LogP contribution < -0.4 is 5.32 Å². The van der Waals surface area contributed by atoms with E-state index in [0.29, 0.717) is 0 Å². The molecule has 0 spiro atoms. The number of amides is 1. The van der Waals surface area contributed by atoms with E-state index in [2.05, 4.69) is 10.2 Å². The molecule has 3 atom stereocenters. The summed E-state index contributed by atoms with van der Waals surface area (Å²) in [6.07, 6.45) is 5.71. The Morgan fingerprint density at radius 2 is 1.62 bits per heavy atom. The van der Waals surface area contributed by atoms with Crippen molar-refractivity contribution in [3.8, 4) is 0 Å². The Hall–Kier alpha value is -0.750. The molecule has 138 valence electrons. The van der Waals surface area contributed by atoms with Crippen LogP contribution >= 0.6 is 0 Å². The first-order chi connectivity index (χ1) is 11.5. The maximum Gasteiger partial charge on any atom is 0.248 e. The highest BCUT2D eigenvalue weighted by Gasteiger charge is 2.40. The molecule has 0 aromatic rings. The normalized spacial score (nSPS) is 35.5. The molecule has 0 radical (unpaired) electrons. The molecule has 24 heavy (non-hydrogen) atoms. The summed E-state index contributed by atoms with van der Waals surface area (Å²) in [5, 5.41) is 13.8. The van der Waals surface area contributed by atoms with Crippen molar-refractivity contribution >= 4 is 5.91 Å². The molecule has 0 aromatic carbocycles. The molecule has 3 fully saturated rings. The van der Waals surface area contributed by atoms with Gasteiger partial charge in [-0.15, -0.1) is 0 Å². The average Bonchev–Trinajstić information content (AvgIpc) is 3.01. The van der Waals surface area contributed by atoms with Gasteiger partial charge in [0.2, 0.25) is 11.8 Å². The molecule has 0 bridgehead atoms. The van der Waals surface area contributed by atoms with Gasteiger partial charge in [-0.2, -0.15) is 0 Å². The van der Waals surface area contributed by atoms with Crippen molar-refractivity contribution in [2.75, 3.05) is 13.1 Å². The minimum Gasteiger partial charge on any atom is -0.389 e. The second-order valence-electron chi connectivity index (χ2n) is 7.83. The number of halogens is 2. The summed E-state index contributed by atoms with van der Waals surface area (Å²) in [7, 11) is 0. The molecule has 3 aliphatic rings. The lowest BCUT2D eigenvalue weighted by molar-refractivity contribution is -0.131. The third-order valence-electron chi connectivity index (χ3n) is 6.10. The van der Waals surface area contributed by atoms with Gasteiger partial charge in [-0.25, -0.2) is 8.78 Å². The Balaban J connectivity index is 1.57. The monoisotopic (exact) mass is 344 g/mol. The van der Waals surface area contributed by atoms with Crippen molar-refractivity contribution in [2.45, 2.75) is 88.3 Å². The Labute approximate surface area is 143 Å². The van der Waals surface area contributed by atoms with Gasteiger partial charge in [0, 0.05) is 24.8 Å². The highest BCUT2D eigenvalue weighted by Crippen LogP contribution is 2.36. The molecule has 2 aliphatic carbocycles. The molecule has 0 unspecified atom stereocenters. The lowest BCUT2D eigenvalue weighted by atomic mass is 9.86.